The van der Waals surface area contributed by atoms with Crippen LogP contribution in [-0.2, 0) is 9.57 Å². The van der Waals surface area contributed by atoms with Crippen molar-refractivity contribution in [3.63, 3.8) is 0 Å². The van der Waals surface area contributed by atoms with Crippen molar-refractivity contribution in [2.75, 3.05) is 13.2 Å². The maximum absolute atomic E-state index is 5.91. The first kappa shape index (κ1) is 10.3. The first-order chi connectivity index (χ1) is 7.84. The van der Waals surface area contributed by atoms with Crippen LogP contribution >= 0.6 is 0 Å². The highest BCUT2D eigenvalue weighted by molar-refractivity contribution is 5.20. The van der Waals surface area contributed by atoms with Gasteiger partial charge in [0.25, 0.3) is 0 Å². The third kappa shape index (κ3) is 1.75. The number of nitrogens with zero attached hydrogens (tertiary/aromatic N) is 1. The highest BCUT2D eigenvalue weighted by Gasteiger charge is 2.39. The summed E-state index contributed by atoms with van der Waals surface area (Å²) in [6, 6.07) is 11.3. The molecule has 16 heavy (non-hydrogen) atoms. The molecule has 4 atom stereocenters. The van der Waals surface area contributed by atoms with Crippen LogP contribution in [-0.4, -0.2) is 30.4 Å². The molecule has 0 amide bonds. The number of hydroxylamine groups is 2. The van der Waals surface area contributed by atoms with Crippen molar-refractivity contribution in [1.82, 2.24) is 5.06 Å². The number of fused-ring (bicyclic) bond motifs is 2. The van der Waals surface area contributed by atoms with Crippen LogP contribution in [0.3, 0.4) is 0 Å². The topological polar surface area (TPSA) is 21.7 Å². The van der Waals surface area contributed by atoms with Gasteiger partial charge in [-0.05, 0) is 18.9 Å². The van der Waals surface area contributed by atoms with Crippen molar-refractivity contribution < 1.29 is 9.57 Å². The van der Waals surface area contributed by atoms with E-state index in [1.807, 2.05) is 0 Å². The van der Waals surface area contributed by atoms with Gasteiger partial charge in [0.15, 0.2) is 0 Å². The number of ether oxygens (including phenoxy) is 1. The van der Waals surface area contributed by atoms with Gasteiger partial charge in [0.05, 0.1) is 25.3 Å². The summed E-state index contributed by atoms with van der Waals surface area (Å²) in [6.45, 7) is 3.65. The molecular weight excluding hydrogens is 202 g/mol. The van der Waals surface area contributed by atoms with E-state index in [0.717, 1.165) is 19.6 Å². The summed E-state index contributed by atoms with van der Waals surface area (Å²) in [7, 11) is 0. The van der Waals surface area contributed by atoms with E-state index in [1.54, 1.807) is 0 Å². The molecule has 1 unspecified atom stereocenters. The van der Waals surface area contributed by atoms with Gasteiger partial charge in [-0.25, -0.2) is 0 Å². The normalized spacial score (nSPS) is 38.3. The number of hydrogen-bond acceptors (Lipinski definition) is 3. The zero-order valence-electron chi connectivity index (χ0n) is 9.50. The Balaban J connectivity index is 1.87. The van der Waals surface area contributed by atoms with Gasteiger partial charge in [-0.1, -0.05) is 30.3 Å². The number of benzene rings is 1. The minimum Gasteiger partial charge on any atom is -0.377 e. The molecule has 0 N–H and O–H groups in total. The maximum atomic E-state index is 5.91. The van der Waals surface area contributed by atoms with Crippen LogP contribution in [0.5, 0.6) is 0 Å². The Morgan fingerprint density at radius 1 is 1.19 bits per heavy atom. The van der Waals surface area contributed by atoms with Gasteiger partial charge >= 0.3 is 0 Å². The molecule has 0 aromatic heterocycles. The Morgan fingerprint density at radius 2 is 2.00 bits per heavy atom. The molecule has 0 spiro atoms. The summed E-state index contributed by atoms with van der Waals surface area (Å²) in [5.41, 5.74) is 1.35. The van der Waals surface area contributed by atoms with Crippen LogP contribution in [0.4, 0.5) is 0 Å². The second kappa shape index (κ2) is 4.17. The molecule has 2 heterocycles. The van der Waals surface area contributed by atoms with E-state index in [2.05, 4.69) is 42.3 Å². The molecule has 3 rings (SSSR count). The average molecular weight is 219 g/mol. The van der Waals surface area contributed by atoms with Crippen LogP contribution in [0.15, 0.2) is 30.3 Å². The minimum atomic E-state index is 0.232. The van der Waals surface area contributed by atoms with Gasteiger partial charge in [0.1, 0.15) is 6.10 Å². The standard InChI is InChI=1S/C13H17NO2/c1-10-8-15-9-12-7-13(14(10)16-12)11-5-3-2-4-6-11/h2-6,10,12-13H,7-9H2,1H3/t10-,12-,13-/m0/s1. The lowest BCUT2D eigenvalue weighted by Crippen LogP contribution is -2.33. The van der Waals surface area contributed by atoms with Crippen molar-refractivity contribution in [1.29, 1.82) is 0 Å². The molecule has 0 aliphatic carbocycles. The van der Waals surface area contributed by atoms with Crippen LogP contribution in [0.1, 0.15) is 24.9 Å². The predicted octanol–water partition coefficient (Wildman–Crippen LogP) is 2.15. The lowest BCUT2D eigenvalue weighted by Gasteiger charge is -2.27. The molecule has 1 aromatic rings. The van der Waals surface area contributed by atoms with Crippen LogP contribution in [0.25, 0.3) is 0 Å². The second-order valence-corrected chi connectivity index (χ2v) is 4.64. The van der Waals surface area contributed by atoms with Crippen molar-refractivity contribution in [2.24, 2.45) is 0 Å². The molecule has 2 aliphatic heterocycles. The molecule has 3 heteroatoms. The summed E-state index contributed by atoms with van der Waals surface area (Å²) < 4.78 is 5.56. The summed E-state index contributed by atoms with van der Waals surface area (Å²) in [4.78, 5) is 5.91. The van der Waals surface area contributed by atoms with E-state index in [1.165, 1.54) is 5.56 Å². The van der Waals surface area contributed by atoms with Crippen LogP contribution in [0, 0.1) is 0 Å². The molecule has 86 valence electrons. The molecule has 1 aromatic carbocycles. The fourth-order valence-corrected chi connectivity index (χ4v) is 2.55. The number of hydrogen-bond donors (Lipinski definition) is 0. The summed E-state index contributed by atoms with van der Waals surface area (Å²) >= 11 is 0. The van der Waals surface area contributed by atoms with Crippen LogP contribution in [0.2, 0.25) is 0 Å². The molecule has 0 saturated carbocycles. The Morgan fingerprint density at radius 3 is 2.81 bits per heavy atom. The van der Waals surface area contributed by atoms with E-state index in [9.17, 15) is 0 Å². The average Bonchev–Trinajstić information content (AvgIpc) is 2.65. The van der Waals surface area contributed by atoms with Crippen molar-refractivity contribution in [3.05, 3.63) is 35.9 Å². The SMILES string of the molecule is C[C@H]1COC[C@@H]2C[C@@H](c3ccccc3)N1O2. The van der Waals surface area contributed by atoms with E-state index in [0.29, 0.717) is 12.1 Å². The Hall–Kier alpha value is -0.900. The monoisotopic (exact) mass is 219 g/mol. The Bertz CT molecular complexity index is 354. The zero-order chi connectivity index (χ0) is 11.0. The van der Waals surface area contributed by atoms with Gasteiger partial charge in [-0.2, -0.15) is 5.06 Å². The van der Waals surface area contributed by atoms with Gasteiger partial charge < -0.3 is 4.74 Å². The Kier molecular flexibility index (Phi) is 2.67. The van der Waals surface area contributed by atoms with E-state index < -0.39 is 0 Å². The first-order valence-corrected chi connectivity index (χ1v) is 5.92. The fourth-order valence-electron chi connectivity index (χ4n) is 2.55. The van der Waals surface area contributed by atoms with E-state index >= 15 is 0 Å². The number of rotatable bonds is 1. The molecular formula is C13H17NO2. The van der Waals surface area contributed by atoms with E-state index in [-0.39, 0.29) is 6.10 Å². The molecule has 0 radical (unpaired) electrons. The molecule has 2 saturated heterocycles. The summed E-state index contributed by atoms with van der Waals surface area (Å²) in [5.74, 6) is 0. The van der Waals surface area contributed by atoms with E-state index in [4.69, 9.17) is 9.57 Å². The van der Waals surface area contributed by atoms with Crippen molar-refractivity contribution in [2.45, 2.75) is 31.5 Å². The van der Waals surface area contributed by atoms with Gasteiger partial charge in [-0.3, -0.25) is 4.84 Å². The largest absolute Gasteiger partial charge is 0.377 e. The van der Waals surface area contributed by atoms with Gasteiger partial charge in [0.2, 0.25) is 0 Å². The smallest absolute Gasteiger partial charge is 0.105 e. The molecule has 2 bridgehead atoms. The second-order valence-electron chi connectivity index (χ2n) is 4.64. The highest BCUT2D eigenvalue weighted by Crippen LogP contribution is 2.37. The molecule has 2 fully saturated rings. The maximum Gasteiger partial charge on any atom is 0.105 e. The highest BCUT2D eigenvalue weighted by atomic mass is 16.7. The predicted molar refractivity (Wildman–Crippen MR) is 60.8 cm³/mol. The lowest BCUT2D eigenvalue weighted by molar-refractivity contribution is -0.174. The van der Waals surface area contributed by atoms with Crippen molar-refractivity contribution in [3.8, 4) is 0 Å². The first-order valence-electron chi connectivity index (χ1n) is 5.92. The fraction of sp³-hybridized carbons (Fsp3) is 0.538. The van der Waals surface area contributed by atoms with Gasteiger partial charge in [-0.15, -0.1) is 0 Å². The summed E-state index contributed by atoms with van der Waals surface area (Å²) in [5, 5.41) is 2.12. The Labute approximate surface area is 95.9 Å². The lowest BCUT2D eigenvalue weighted by atomic mass is 10.0. The van der Waals surface area contributed by atoms with Gasteiger partial charge in [0, 0.05) is 0 Å². The third-order valence-electron chi connectivity index (χ3n) is 3.35. The van der Waals surface area contributed by atoms with Crippen LogP contribution < -0.4 is 0 Å². The molecule has 3 nitrogen and oxygen atoms in total. The third-order valence-corrected chi connectivity index (χ3v) is 3.35. The van der Waals surface area contributed by atoms with Crippen molar-refractivity contribution >= 4 is 0 Å². The zero-order valence-corrected chi connectivity index (χ0v) is 9.50. The summed E-state index contributed by atoms with van der Waals surface area (Å²) in [6.07, 6.45) is 1.27. The molecule has 2 aliphatic rings. The quantitative estimate of drug-likeness (QED) is 0.722. The minimum absolute atomic E-state index is 0.232.